The Balaban J connectivity index is 2.60. The number of hydrogen-bond acceptors (Lipinski definition) is 2. The SMILES string of the molecule is C=C(Br)C[N+]1(C)CC=C(C(=O)OCC)CC1. The Morgan fingerprint density at radius 1 is 1.69 bits per heavy atom. The van der Waals surface area contributed by atoms with Gasteiger partial charge in [0.1, 0.15) is 6.54 Å². The first kappa shape index (κ1) is 13.5. The smallest absolute Gasteiger partial charge is 0.334 e. The molecule has 0 saturated heterocycles. The van der Waals surface area contributed by atoms with Gasteiger partial charge >= 0.3 is 5.97 Å². The van der Waals surface area contributed by atoms with Crippen molar-refractivity contribution in [3.8, 4) is 0 Å². The summed E-state index contributed by atoms with van der Waals surface area (Å²) < 4.78 is 6.89. The molecule has 1 unspecified atom stereocenters. The summed E-state index contributed by atoms with van der Waals surface area (Å²) >= 11 is 3.39. The van der Waals surface area contributed by atoms with Crippen LogP contribution in [0.1, 0.15) is 13.3 Å². The Bertz CT molecular complexity index is 325. The zero-order chi connectivity index (χ0) is 12.2. The lowest BCUT2D eigenvalue weighted by Crippen LogP contribution is -2.48. The minimum absolute atomic E-state index is 0.161. The summed E-state index contributed by atoms with van der Waals surface area (Å²) in [7, 11) is 2.17. The summed E-state index contributed by atoms with van der Waals surface area (Å²) in [6.07, 6.45) is 2.78. The third-order valence-electron chi connectivity index (χ3n) is 2.79. The van der Waals surface area contributed by atoms with Crippen molar-refractivity contribution in [3.05, 3.63) is 22.7 Å². The molecule has 0 N–H and O–H groups in total. The van der Waals surface area contributed by atoms with E-state index in [-0.39, 0.29) is 5.97 Å². The Kier molecular flexibility index (Phi) is 4.74. The summed E-state index contributed by atoms with van der Waals surface area (Å²) in [5.74, 6) is -0.161. The second-order valence-electron chi connectivity index (χ2n) is 4.40. The van der Waals surface area contributed by atoms with Gasteiger partial charge in [0.15, 0.2) is 0 Å². The van der Waals surface area contributed by atoms with E-state index < -0.39 is 0 Å². The third kappa shape index (κ3) is 3.76. The van der Waals surface area contributed by atoms with Crippen LogP contribution < -0.4 is 0 Å². The highest BCUT2D eigenvalue weighted by Crippen LogP contribution is 2.20. The maximum absolute atomic E-state index is 11.5. The van der Waals surface area contributed by atoms with E-state index in [1.54, 1.807) is 0 Å². The maximum Gasteiger partial charge on any atom is 0.334 e. The molecular formula is C12H19BrNO2+. The van der Waals surface area contributed by atoms with E-state index >= 15 is 0 Å². The molecule has 0 radical (unpaired) electrons. The highest BCUT2D eigenvalue weighted by Gasteiger charge is 2.27. The van der Waals surface area contributed by atoms with Crippen LogP contribution in [0.2, 0.25) is 0 Å². The molecule has 1 rings (SSSR count). The molecule has 0 aromatic carbocycles. The number of rotatable bonds is 4. The van der Waals surface area contributed by atoms with Gasteiger partial charge < -0.3 is 9.22 Å². The van der Waals surface area contributed by atoms with Crippen molar-refractivity contribution >= 4 is 21.9 Å². The molecular weight excluding hydrogens is 270 g/mol. The second kappa shape index (κ2) is 5.64. The quantitative estimate of drug-likeness (QED) is 0.586. The summed E-state index contributed by atoms with van der Waals surface area (Å²) in [6, 6.07) is 0. The topological polar surface area (TPSA) is 26.3 Å². The van der Waals surface area contributed by atoms with E-state index in [4.69, 9.17) is 4.74 Å². The number of halogens is 1. The van der Waals surface area contributed by atoms with Crippen LogP contribution in [0.3, 0.4) is 0 Å². The molecule has 0 amide bonds. The molecule has 0 saturated carbocycles. The van der Waals surface area contributed by atoms with Gasteiger partial charge in [-0.1, -0.05) is 22.5 Å². The normalized spacial score (nSPS) is 24.8. The molecule has 1 heterocycles. The number of likely N-dealkylation sites (N-methyl/N-ethyl adjacent to an activating group) is 1. The Hall–Kier alpha value is -0.610. The molecule has 3 nitrogen and oxygen atoms in total. The molecule has 90 valence electrons. The van der Waals surface area contributed by atoms with Crippen LogP contribution >= 0.6 is 15.9 Å². The Morgan fingerprint density at radius 3 is 2.81 bits per heavy atom. The van der Waals surface area contributed by atoms with Crippen LogP contribution in [0.4, 0.5) is 0 Å². The zero-order valence-electron chi connectivity index (χ0n) is 9.96. The van der Waals surface area contributed by atoms with Crippen LogP contribution in [0, 0.1) is 0 Å². The highest BCUT2D eigenvalue weighted by atomic mass is 79.9. The number of carbonyl (C=O) groups excluding carboxylic acids is 1. The van der Waals surface area contributed by atoms with Gasteiger partial charge in [0.2, 0.25) is 0 Å². The molecule has 0 spiro atoms. The van der Waals surface area contributed by atoms with Crippen LogP contribution in [0.15, 0.2) is 22.7 Å². The van der Waals surface area contributed by atoms with Crippen molar-refractivity contribution in [2.24, 2.45) is 0 Å². The molecule has 1 aliphatic heterocycles. The van der Waals surface area contributed by atoms with Gasteiger partial charge in [0.25, 0.3) is 0 Å². The van der Waals surface area contributed by atoms with Gasteiger partial charge in [0.05, 0.1) is 26.7 Å². The van der Waals surface area contributed by atoms with E-state index in [9.17, 15) is 4.79 Å². The Morgan fingerprint density at radius 2 is 2.38 bits per heavy atom. The number of ether oxygens (including phenoxy) is 1. The van der Waals surface area contributed by atoms with E-state index in [1.807, 2.05) is 13.0 Å². The molecule has 4 heteroatoms. The number of nitrogens with zero attached hydrogens (tertiary/aromatic N) is 1. The summed E-state index contributed by atoms with van der Waals surface area (Å²) in [4.78, 5) is 11.5. The first-order chi connectivity index (χ1) is 7.47. The Labute approximate surface area is 105 Å². The third-order valence-corrected chi connectivity index (χ3v) is 3.04. The molecule has 0 aliphatic carbocycles. The average molecular weight is 289 g/mol. The maximum atomic E-state index is 11.5. The predicted octanol–water partition coefficient (Wildman–Crippen LogP) is 2.23. The van der Waals surface area contributed by atoms with Crippen molar-refractivity contribution in [3.63, 3.8) is 0 Å². The first-order valence-electron chi connectivity index (χ1n) is 5.50. The molecule has 0 bridgehead atoms. The predicted molar refractivity (Wildman–Crippen MR) is 68.2 cm³/mol. The fourth-order valence-electron chi connectivity index (χ4n) is 1.88. The number of hydrogen-bond donors (Lipinski definition) is 0. The minimum Gasteiger partial charge on any atom is -0.463 e. The lowest BCUT2D eigenvalue weighted by molar-refractivity contribution is -0.900. The van der Waals surface area contributed by atoms with E-state index in [0.29, 0.717) is 6.61 Å². The van der Waals surface area contributed by atoms with Crippen molar-refractivity contribution in [2.75, 3.05) is 33.3 Å². The second-order valence-corrected chi connectivity index (χ2v) is 5.52. The van der Waals surface area contributed by atoms with E-state index in [0.717, 1.165) is 40.6 Å². The minimum atomic E-state index is -0.161. The van der Waals surface area contributed by atoms with Crippen molar-refractivity contribution in [1.82, 2.24) is 0 Å². The van der Waals surface area contributed by atoms with Gasteiger partial charge in [-0.25, -0.2) is 4.79 Å². The summed E-state index contributed by atoms with van der Waals surface area (Å²) in [5, 5.41) is 0. The van der Waals surface area contributed by atoms with E-state index in [2.05, 4.69) is 29.6 Å². The first-order valence-corrected chi connectivity index (χ1v) is 6.29. The summed E-state index contributed by atoms with van der Waals surface area (Å²) in [6.45, 7) is 8.85. The van der Waals surface area contributed by atoms with Crippen LogP contribution in [0.5, 0.6) is 0 Å². The van der Waals surface area contributed by atoms with Crippen molar-refractivity contribution < 1.29 is 14.0 Å². The number of esters is 1. The van der Waals surface area contributed by atoms with Crippen molar-refractivity contribution in [2.45, 2.75) is 13.3 Å². The van der Waals surface area contributed by atoms with Gasteiger partial charge in [-0.15, -0.1) is 0 Å². The summed E-state index contributed by atoms with van der Waals surface area (Å²) in [5.41, 5.74) is 0.817. The molecule has 16 heavy (non-hydrogen) atoms. The average Bonchev–Trinajstić information content (AvgIpc) is 2.17. The molecule has 1 atom stereocenters. The standard InChI is InChI=1S/C12H19BrNO2/c1-4-16-12(15)11-5-7-14(3,8-6-11)9-10(2)13/h5H,2,4,6-9H2,1,3H3/q+1. The van der Waals surface area contributed by atoms with E-state index in [1.165, 1.54) is 0 Å². The van der Waals surface area contributed by atoms with Gasteiger partial charge in [-0.2, -0.15) is 0 Å². The van der Waals surface area contributed by atoms with Gasteiger partial charge in [0, 0.05) is 16.5 Å². The van der Waals surface area contributed by atoms with Crippen LogP contribution in [-0.2, 0) is 9.53 Å². The largest absolute Gasteiger partial charge is 0.463 e. The lowest BCUT2D eigenvalue weighted by atomic mass is 10.1. The molecule has 1 aliphatic rings. The monoisotopic (exact) mass is 288 g/mol. The number of carbonyl (C=O) groups is 1. The molecule has 0 fully saturated rings. The highest BCUT2D eigenvalue weighted by molar-refractivity contribution is 9.11. The van der Waals surface area contributed by atoms with Crippen molar-refractivity contribution in [1.29, 1.82) is 0 Å². The number of quaternary nitrogens is 1. The zero-order valence-corrected chi connectivity index (χ0v) is 11.5. The fourth-order valence-corrected chi connectivity index (χ4v) is 2.49. The fraction of sp³-hybridized carbons (Fsp3) is 0.583. The van der Waals surface area contributed by atoms with Gasteiger partial charge in [-0.05, 0) is 13.0 Å². The lowest BCUT2D eigenvalue weighted by Gasteiger charge is -2.36. The van der Waals surface area contributed by atoms with Gasteiger partial charge in [-0.3, -0.25) is 0 Å². The molecule has 0 aromatic rings. The van der Waals surface area contributed by atoms with Crippen LogP contribution in [0.25, 0.3) is 0 Å². The molecule has 0 aromatic heterocycles. The van der Waals surface area contributed by atoms with Crippen LogP contribution in [-0.4, -0.2) is 43.7 Å².